The van der Waals surface area contributed by atoms with Gasteiger partial charge in [-0.1, -0.05) is 30.3 Å². The molecule has 0 bridgehead atoms. The number of fused-ring (bicyclic) bond motifs is 1. The van der Waals surface area contributed by atoms with Gasteiger partial charge in [0.2, 0.25) is 0 Å². The minimum Gasteiger partial charge on any atom is -0.370 e. The smallest absolute Gasteiger partial charge is 0.193 e. The van der Waals surface area contributed by atoms with Gasteiger partial charge in [-0.2, -0.15) is 0 Å². The molecule has 3 heterocycles. The lowest BCUT2D eigenvalue weighted by atomic mass is 10.0. The molecule has 0 atom stereocenters. The summed E-state index contributed by atoms with van der Waals surface area (Å²) in [5.74, 6) is 0.517. The number of aliphatic imine (C=N–C) groups is 1. The first-order valence-corrected chi connectivity index (χ1v) is 9.88. The zero-order valence-electron chi connectivity index (χ0n) is 15.1. The molecule has 0 radical (unpaired) electrons. The molecule has 0 amide bonds. The molecule has 1 aliphatic heterocycles. The Morgan fingerprint density at radius 3 is 2.78 bits per heavy atom. The van der Waals surface area contributed by atoms with Gasteiger partial charge >= 0.3 is 0 Å². The quantitative estimate of drug-likeness (QED) is 0.324. The van der Waals surface area contributed by atoms with E-state index in [4.69, 9.17) is 5.73 Å². The van der Waals surface area contributed by atoms with Crippen molar-refractivity contribution in [2.75, 3.05) is 13.1 Å². The Balaban J connectivity index is 0.00000210. The van der Waals surface area contributed by atoms with Crippen molar-refractivity contribution in [1.29, 1.82) is 0 Å². The van der Waals surface area contributed by atoms with Crippen LogP contribution in [0.15, 0.2) is 53.1 Å². The molecule has 0 saturated carbocycles. The van der Waals surface area contributed by atoms with E-state index < -0.39 is 0 Å². The fourth-order valence-electron chi connectivity index (χ4n) is 3.35. The number of aromatic nitrogens is 2. The predicted octanol–water partition coefficient (Wildman–Crippen LogP) is 3.08. The predicted molar refractivity (Wildman–Crippen MR) is 122 cm³/mol. The third kappa shape index (κ3) is 5.43. The summed E-state index contributed by atoms with van der Waals surface area (Å²) in [7, 11) is 0. The lowest BCUT2D eigenvalue weighted by molar-refractivity contribution is 0.199. The minimum atomic E-state index is 0. The van der Waals surface area contributed by atoms with Gasteiger partial charge in [-0.05, 0) is 18.4 Å². The maximum Gasteiger partial charge on any atom is 0.193 e. The third-order valence-electron chi connectivity index (χ3n) is 4.74. The highest BCUT2D eigenvalue weighted by atomic mass is 127. The first-order chi connectivity index (χ1) is 12.8. The molecule has 1 aromatic carbocycles. The number of piperidine rings is 1. The van der Waals surface area contributed by atoms with Crippen LogP contribution in [0.3, 0.4) is 0 Å². The molecule has 1 saturated heterocycles. The number of benzene rings is 1. The van der Waals surface area contributed by atoms with Gasteiger partial charge in [-0.15, -0.1) is 35.3 Å². The van der Waals surface area contributed by atoms with Crippen LogP contribution in [0.25, 0.3) is 4.96 Å². The van der Waals surface area contributed by atoms with E-state index in [2.05, 4.69) is 50.5 Å². The van der Waals surface area contributed by atoms with Crippen molar-refractivity contribution in [2.45, 2.75) is 32.0 Å². The van der Waals surface area contributed by atoms with Gasteiger partial charge in [0.1, 0.15) is 0 Å². The summed E-state index contributed by atoms with van der Waals surface area (Å²) in [6.45, 7) is 3.70. The molecule has 8 heteroatoms. The first-order valence-electron chi connectivity index (χ1n) is 9.00. The van der Waals surface area contributed by atoms with Crippen molar-refractivity contribution in [1.82, 2.24) is 19.6 Å². The second-order valence-electron chi connectivity index (χ2n) is 6.71. The number of thiazole rings is 1. The summed E-state index contributed by atoms with van der Waals surface area (Å²) in [6.07, 6.45) is 6.18. The number of halogens is 1. The Bertz CT molecular complexity index is 838. The van der Waals surface area contributed by atoms with Crippen LogP contribution in [-0.2, 0) is 13.1 Å². The first kappa shape index (κ1) is 20.1. The Hall–Kier alpha value is -1.65. The molecule has 6 nitrogen and oxygen atoms in total. The van der Waals surface area contributed by atoms with Crippen molar-refractivity contribution in [3.8, 4) is 0 Å². The van der Waals surface area contributed by atoms with E-state index in [1.165, 1.54) is 5.56 Å². The monoisotopic (exact) mass is 496 g/mol. The van der Waals surface area contributed by atoms with Crippen molar-refractivity contribution in [3.05, 3.63) is 59.4 Å². The highest BCUT2D eigenvalue weighted by Crippen LogP contribution is 2.14. The number of hydrogen-bond acceptors (Lipinski definition) is 4. The highest BCUT2D eigenvalue weighted by Gasteiger charge is 2.19. The lowest BCUT2D eigenvalue weighted by Gasteiger charge is -2.32. The van der Waals surface area contributed by atoms with Crippen molar-refractivity contribution < 1.29 is 0 Å². The number of hydrogen-bond donors (Lipinski definition) is 2. The maximum atomic E-state index is 6.07. The average molecular weight is 496 g/mol. The molecule has 144 valence electrons. The number of rotatable bonds is 5. The molecule has 0 unspecified atom stereocenters. The second-order valence-corrected chi connectivity index (χ2v) is 7.58. The largest absolute Gasteiger partial charge is 0.370 e. The third-order valence-corrected chi connectivity index (χ3v) is 5.51. The van der Waals surface area contributed by atoms with Gasteiger partial charge in [-0.25, -0.2) is 9.98 Å². The Kier molecular flexibility index (Phi) is 7.08. The van der Waals surface area contributed by atoms with Crippen LogP contribution in [0.5, 0.6) is 0 Å². The van der Waals surface area contributed by atoms with Gasteiger partial charge in [0.05, 0.1) is 12.2 Å². The molecule has 0 spiro atoms. The van der Waals surface area contributed by atoms with E-state index >= 15 is 0 Å². The number of guanidine groups is 1. The Morgan fingerprint density at radius 2 is 2.04 bits per heavy atom. The number of likely N-dealkylation sites (tertiary alicyclic amines) is 1. The maximum absolute atomic E-state index is 6.07. The summed E-state index contributed by atoms with van der Waals surface area (Å²) in [6, 6.07) is 11.0. The summed E-state index contributed by atoms with van der Waals surface area (Å²) >= 11 is 1.62. The number of imidazole rings is 1. The zero-order chi connectivity index (χ0) is 17.8. The van der Waals surface area contributed by atoms with Crippen LogP contribution < -0.4 is 11.1 Å². The molecular weight excluding hydrogens is 471 g/mol. The van der Waals surface area contributed by atoms with Crippen LogP contribution in [-0.4, -0.2) is 39.4 Å². The average Bonchev–Trinajstić information content (AvgIpc) is 3.24. The van der Waals surface area contributed by atoms with Crippen LogP contribution in [0, 0.1) is 0 Å². The van der Waals surface area contributed by atoms with Gasteiger partial charge < -0.3 is 11.1 Å². The number of nitrogens with one attached hydrogen (secondary N) is 1. The summed E-state index contributed by atoms with van der Waals surface area (Å²) in [5, 5.41) is 5.39. The standard InChI is InChI=1S/C19H24N6S.HI/c20-18(21-12-17-14-25-10-11-26-19(25)23-17)22-16-6-8-24(9-7-16)13-15-4-2-1-3-5-15;/h1-5,10-11,14,16H,6-9,12-13H2,(H3,20,21,22);1H. The van der Waals surface area contributed by atoms with Crippen molar-refractivity contribution in [3.63, 3.8) is 0 Å². The number of nitrogens with zero attached hydrogens (tertiary/aromatic N) is 4. The van der Waals surface area contributed by atoms with E-state index in [1.807, 2.05) is 22.2 Å². The lowest BCUT2D eigenvalue weighted by Crippen LogP contribution is -2.46. The molecule has 27 heavy (non-hydrogen) atoms. The fraction of sp³-hybridized carbons (Fsp3) is 0.368. The topological polar surface area (TPSA) is 70.9 Å². The van der Waals surface area contributed by atoms with Crippen molar-refractivity contribution >= 4 is 46.2 Å². The SMILES string of the molecule is I.NC(=NCc1cn2ccsc2n1)NC1CCN(Cc2ccccc2)CC1. The van der Waals surface area contributed by atoms with E-state index in [9.17, 15) is 0 Å². The second kappa shape index (κ2) is 9.52. The zero-order valence-corrected chi connectivity index (χ0v) is 18.3. The molecular formula is C19H25IN6S. The molecule has 2 aromatic heterocycles. The van der Waals surface area contributed by atoms with Gasteiger partial charge in [0.15, 0.2) is 10.9 Å². The van der Waals surface area contributed by atoms with E-state index in [1.54, 1.807) is 11.3 Å². The van der Waals surface area contributed by atoms with Crippen LogP contribution in [0.4, 0.5) is 0 Å². The molecule has 3 N–H and O–H groups in total. The normalized spacial score (nSPS) is 16.4. The summed E-state index contributed by atoms with van der Waals surface area (Å²) in [4.78, 5) is 12.5. The molecule has 1 fully saturated rings. The summed E-state index contributed by atoms with van der Waals surface area (Å²) in [5.41, 5.74) is 8.39. The molecule has 0 aliphatic carbocycles. The van der Waals surface area contributed by atoms with Gasteiger partial charge in [0.25, 0.3) is 0 Å². The van der Waals surface area contributed by atoms with E-state index in [0.717, 1.165) is 43.1 Å². The van der Waals surface area contributed by atoms with Gasteiger partial charge in [-0.3, -0.25) is 9.30 Å². The van der Waals surface area contributed by atoms with E-state index in [0.29, 0.717) is 18.5 Å². The number of nitrogens with two attached hydrogens (primary N) is 1. The highest BCUT2D eigenvalue weighted by molar-refractivity contribution is 14.0. The molecule has 4 rings (SSSR count). The molecule has 3 aromatic rings. The Labute approximate surface area is 180 Å². The Morgan fingerprint density at radius 1 is 1.26 bits per heavy atom. The van der Waals surface area contributed by atoms with Crippen LogP contribution in [0.2, 0.25) is 0 Å². The van der Waals surface area contributed by atoms with Crippen molar-refractivity contribution in [2.24, 2.45) is 10.7 Å². The fourth-order valence-corrected chi connectivity index (χ4v) is 4.07. The molecule has 1 aliphatic rings. The minimum absolute atomic E-state index is 0. The summed E-state index contributed by atoms with van der Waals surface area (Å²) < 4.78 is 2.02. The van der Waals surface area contributed by atoms with Gasteiger partial charge in [0, 0.05) is 43.4 Å². The van der Waals surface area contributed by atoms with Crippen LogP contribution in [0.1, 0.15) is 24.1 Å². The van der Waals surface area contributed by atoms with Crippen LogP contribution >= 0.6 is 35.3 Å². The van der Waals surface area contributed by atoms with E-state index in [-0.39, 0.29) is 24.0 Å².